The molecule has 21 heavy (non-hydrogen) atoms. The minimum atomic E-state index is -3.69. The van der Waals surface area contributed by atoms with E-state index in [-0.39, 0.29) is 23.1 Å². The number of esters is 1. The lowest BCUT2D eigenvalue weighted by Gasteiger charge is -2.30. The monoisotopic (exact) mass is 332 g/mol. The van der Waals surface area contributed by atoms with Gasteiger partial charge in [-0.15, -0.1) is 0 Å². The van der Waals surface area contributed by atoms with Crippen LogP contribution in [0.5, 0.6) is 0 Å². The van der Waals surface area contributed by atoms with Crippen LogP contribution in [-0.4, -0.2) is 38.9 Å². The van der Waals surface area contributed by atoms with Crippen LogP contribution in [0.1, 0.15) is 12.8 Å². The van der Waals surface area contributed by atoms with E-state index < -0.39 is 15.9 Å². The molecule has 6 nitrogen and oxygen atoms in total. The lowest BCUT2D eigenvalue weighted by Crippen LogP contribution is -2.42. The first-order chi connectivity index (χ1) is 9.86. The molecular formula is C13H17ClN2O4S. The summed E-state index contributed by atoms with van der Waals surface area (Å²) in [5.41, 5.74) is 5.86. The van der Waals surface area contributed by atoms with Crippen molar-refractivity contribution in [2.75, 3.05) is 25.9 Å². The maximum atomic E-state index is 12.6. The number of benzene rings is 1. The second-order valence-corrected chi connectivity index (χ2v) is 7.25. The van der Waals surface area contributed by atoms with E-state index in [4.69, 9.17) is 22.1 Å². The van der Waals surface area contributed by atoms with Gasteiger partial charge in [0, 0.05) is 13.1 Å². The molecular weight excluding hydrogens is 316 g/mol. The maximum Gasteiger partial charge on any atom is 0.309 e. The average molecular weight is 333 g/mol. The zero-order valence-corrected chi connectivity index (χ0v) is 13.2. The molecule has 8 heteroatoms. The number of nitrogens with two attached hydrogens (primary N) is 1. The summed E-state index contributed by atoms with van der Waals surface area (Å²) in [5, 5.41) is 0.306. The highest BCUT2D eigenvalue weighted by Gasteiger charge is 2.33. The normalized spacial score (nSPS) is 20.2. The molecule has 1 unspecified atom stereocenters. The fourth-order valence-corrected chi connectivity index (χ4v) is 4.03. The van der Waals surface area contributed by atoms with Gasteiger partial charge >= 0.3 is 5.97 Å². The Hall–Kier alpha value is -1.31. The predicted molar refractivity (Wildman–Crippen MR) is 79.4 cm³/mol. The van der Waals surface area contributed by atoms with Gasteiger partial charge in [0.05, 0.1) is 28.6 Å². The molecule has 0 spiro atoms. The first-order valence-corrected chi connectivity index (χ1v) is 8.31. The molecule has 1 fully saturated rings. The Balaban J connectivity index is 2.26. The summed E-state index contributed by atoms with van der Waals surface area (Å²) in [6.07, 6.45) is 1.24. The quantitative estimate of drug-likeness (QED) is 0.669. The van der Waals surface area contributed by atoms with Crippen LogP contribution in [0, 0.1) is 5.92 Å². The van der Waals surface area contributed by atoms with Gasteiger partial charge in [0.2, 0.25) is 10.0 Å². The molecule has 1 aliphatic heterocycles. The van der Waals surface area contributed by atoms with Crippen molar-refractivity contribution in [2.24, 2.45) is 5.92 Å². The molecule has 0 saturated carbocycles. The summed E-state index contributed by atoms with van der Waals surface area (Å²) < 4.78 is 31.2. The number of anilines is 1. The summed E-state index contributed by atoms with van der Waals surface area (Å²) >= 11 is 5.81. The standard InChI is InChI=1S/C13H17ClN2O4S/c1-20-13(17)9-3-2-6-16(8-9)21(18,19)10-4-5-11(14)12(15)7-10/h4-5,7,9H,2-3,6,8,15H2,1H3. The third-order valence-corrected chi connectivity index (χ3v) is 5.73. The van der Waals surface area contributed by atoms with Crippen LogP contribution < -0.4 is 5.73 Å². The molecule has 1 aromatic carbocycles. The van der Waals surface area contributed by atoms with Gasteiger partial charge in [0.25, 0.3) is 0 Å². The summed E-state index contributed by atoms with van der Waals surface area (Å²) in [6, 6.07) is 4.20. The van der Waals surface area contributed by atoms with Crippen LogP contribution in [0.4, 0.5) is 5.69 Å². The lowest BCUT2D eigenvalue weighted by atomic mass is 10.0. The van der Waals surface area contributed by atoms with E-state index in [1.54, 1.807) is 0 Å². The lowest BCUT2D eigenvalue weighted by molar-refractivity contribution is -0.146. The topological polar surface area (TPSA) is 89.7 Å². The number of methoxy groups -OCH3 is 1. The van der Waals surface area contributed by atoms with Crippen molar-refractivity contribution in [2.45, 2.75) is 17.7 Å². The number of hydrogen-bond acceptors (Lipinski definition) is 5. The van der Waals surface area contributed by atoms with E-state index in [0.29, 0.717) is 24.4 Å². The van der Waals surface area contributed by atoms with Crippen molar-refractivity contribution in [3.63, 3.8) is 0 Å². The number of nitrogens with zero attached hydrogens (tertiary/aromatic N) is 1. The molecule has 116 valence electrons. The van der Waals surface area contributed by atoms with Crippen molar-refractivity contribution >= 4 is 33.3 Å². The molecule has 2 rings (SSSR count). The molecule has 1 aliphatic rings. The van der Waals surface area contributed by atoms with Crippen molar-refractivity contribution < 1.29 is 17.9 Å². The van der Waals surface area contributed by atoms with E-state index in [2.05, 4.69) is 0 Å². The molecule has 0 aromatic heterocycles. The van der Waals surface area contributed by atoms with E-state index in [0.717, 1.165) is 0 Å². The Labute approximate surface area is 128 Å². The molecule has 0 radical (unpaired) electrons. The first kappa shape index (κ1) is 16.1. The summed E-state index contributed by atoms with van der Waals surface area (Å²) in [7, 11) is -2.39. The summed E-state index contributed by atoms with van der Waals surface area (Å²) in [5.74, 6) is -0.811. The number of piperidine rings is 1. The van der Waals surface area contributed by atoms with Crippen molar-refractivity contribution in [3.8, 4) is 0 Å². The van der Waals surface area contributed by atoms with Crippen LogP contribution >= 0.6 is 11.6 Å². The second-order valence-electron chi connectivity index (χ2n) is 4.91. The molecule has 1 heterocycles. The van der Waals surface area contributed by atoms with Crippen molar-refractivity contribution in [1.82, 2.24) is 4.31 Å². The number of ether oxygens (including phenoxy) is 1. The van der Waals surface area contributed by atoms with Crippen molar-refractivity contribution in [1.29, 1.82) is 0 Å². The van der Waals surface area contributed by atoms with Crippen LogP contribution in [0.3, 0.4) is 0 Å². The average Bonchev–Trinajstić information content (AvgIpc) is 2.49. The Kier molecular flexibility index (Phi) is 4.75. The number of carbonyl (C=O) groups excluding carboxylic acids is 1. The van der Waals surface area contributed by atoms with E-state index in [1.807, 2.05) is 0 Å². The van der Waals surface area contributed by atoms with Crippen molar-refractivity contribution in [3.05, 3.63) is 23.2 Å². The van der Waals surface area contributed by atoms with E-state index >= 15 is 0 Å². The number of hydrogen-bond donors (Lipinski definition) is 1. The molecule has 0 bridgehead atoms. The van der Waals surface area contributed by atoms with E-state index in [9.17, 15) is 13.2 Å². The van der Waals surface area contributed by atoms with Gasteiger partial charge in [0.15, 0.2) is 0 Å². The van der Waals surface area contributed by atoms with Gasteiger partial charge in [-0.25, -0.2) is 8.42 Å². The fourth-order valence-electron chi connectivity index (χ4n) is 2.35. The Bertz CT molecular complexity index is 648. The van der Waals surface area contributed by atoms with Crippen LogP contribution in [-0.2, 0) is 19.6 Å². The van der Waals surface area contributed by atoms with Gasteiger partial charge in [-0.2, -0.15) is 4.31 Å². The van der Waals surface area contributed by atoms with Crippen LogP contribution in [0.2, 0.25) is 5.02 Å². The zero-order valence-electron chi connectivity index (χ0n) is 11.6. The Morgan fingerprint density at radius 2 is 2.19 bits per heavy atom. The largest absolute Gasteiger partial charge is 0.469 e. The highest BCUT2D eigenvalue weighted by atomic mass is 35.5. The number of carbonyl (C=O) groups is 1. The highest BCUT2D eigenvalue weighted by Crippen LogP contribution is 2.27. The first-order valence-electron chi connectivity index (χ1n) is 6.49. The number of sulfonamides is 1. The third-order valence-electron chi connectivity index (χ3n) is 3.52. The van der Waals surface area contributed by atoms with Gasteiger partial charge in [-0.3, -0.25) is 4.79 Å². The zero-order chi connectivity index (χ0) is 15.6. The van der Waals surface area contributed by atoms with Gasteiger partial charge in [0.1, 0.15) is 0 Å². The van der Waals surface area contributed by atoms with Gasteiger partial charge < -0.3 is 10.5 Å². The van der Waals surface area contributed by atoms with E-state index in [1.165, 1.54) is 29.6 Å². The third kappa shape index (κ3) is 3.30. The molecule has 1 aromatic rings. The molecule has 0 amide bonds. The smallest absolute Gasteiger partial charge is 0.309 e. The number of nitrogen functional groups attached to an aromatic ring is 1. The molecule has 2 N–H and O–H groups in total. The number of rotatable bonds is 3. The minimum absolute atomic E-state index is 0.0786. The van der Waals surface area contributed by atoms with Crippen LogP contribution in [0.15, 0.2) is 23.1 Å². The highest BCUT2D eigenvalue weighted by molar-refractivity contribution is 7.89. The van der Waals surface area contributed by atoms with Crippen LogP contribution in [0.25, 0.3) is 0 Å². The summed E-state index contributed by atoms with van der Waals surface area (Å²) in [6.45, 7) is 0.496. The van der Waals surface area contributed by atoms with Gasteiger partial charge in [-0.1, -0.05) is 11.6 Å². The second kappa shape index (κ2) is 6.21. The minimum Gasteiger partial charge on any atom is -0.469 e. The summed E-state index contributed by atoms with van der Waals surface area (Å²) in [4.78, 5) is 11.7. The molecule has 1 saturated heterocycles. The molecule has 1 atom stereocenters. The van der Waals surface area contributed by atoms with Gasteiger partial charge in [-0.05, 0) is 31.0 Å². The Morgan fingerprint density at radius 1 is 1.48 bits per heavy atom. The SMILES string of the molecule is COC(=O)C1CCCN(S(=O)(=O)c2ccc(Cl)c(N)c2)C1. The predicted octanol–water partition coefficient (Wildman–Crippen LogP) is 1.50. The fraction of sp³-hybridized carbons (Fsp3) is 0.462. The number of halogens is 1. The maximum absolute atomic E-state index is 12.6. The Morgan fingerprint density at radius 3 is 2.81 bits per heavy atom. The molecule has 0 aliphatic carbocycles.